The van der Waals surface area contributed by atoms with Crippen molar-refractivity contribution >= 4 is 28.9 Å². The van der Waals surface area contributed by atoms with Crippen LogP contribution in [0.2, 0.25) is 0 Å². The molecule has 17 heavy (non-hydrogen) atoms. The highest BCUT2D eigenvalue weighted by atomic mass is 32.2. The Morgan fingerprint density at radius 2 is 2.41 bits per heavy atom. The number of Topliss-reactive ketones (excluding diaryl/α,β-unsaturated/α-hetero) is 1. The lowest BCUT2D eigenvalue weighted by Gasteiger charge is -1.94. The first kappa shape index (κ1) is 12.3. The fraction of sp³-hybridized carbons (Fsp3) is 0.364. The van der Waals surface area contributed by atoms with Gasteiger partial charge in [-0.3, -0.25) is 0 Å². The van der Waals surface area contributed by atoms with Crippen LogP contribution in [0.4, 0.5) is 0 Å². The number of thioether (sulfide) groups is 1. The minimum atomic E-state index is 0.218. The summed E-state index contributed by atoms with van der Waals surface area (Å²) in [6.07, 6.45) is 1.45. The molecule has 0 saturated heterocycles. The van der Waals surface area contributed by atoms with Gasteiger partial charge in [0, 0.05) is 12.2 Å². The molecule has 6 heteroatoms. The Balaban J connectivity index is 1.84. The molecule has 2 rings (SSSR count). The molecular weight excluding hydrogens is 256 g/mol. The smallest absolute Gasteiger partial charge is 0.276 e. The summed E-state index contributed by atoms with van der Waals surface area (Å²) in [6, 6.07) is 3.90. The van der Waals surface area contributed by atoms with Gasteiger partial charge in [-0.2, -0.15) is 0 Å². The molecule has 2 heterocycles. The molecule has 90 valence electrons. The Hall–Kier alpha value is -1.14. The van der Waals surface area contributed by atoms with Crippen LogP contribution in [0.3, 0.4) is 0 Å². The molecule has 0 atom stereocenters. The van der Waals surface area contributed by atoms with Crippen molar-refractivity contribution in [1.29, 1.82) is 0 Å². The molecular formula is C11H12N2O2S2. The van der Waals surface area contributed by atoms with Crippen LogP contribution in [0, 0.1) is 0 Å². The molecule has 0 saturated carbocycles. The van der Waals surface area contributed by atoms with Crippen molar-refractivity contribution in [2.24, 2.45) is 0 Å². The molecule has 4 nitrogen and oxygen atoms in total. The second kappa shape index (κ2) is 5.97. The van der Waals surface area contributed by atoms with Gasteiger partial charge in [0.15, 0.2) is 0 Å². The zero-order valence-corrected chi connectivity index (χ0v) is 11.0. The lowest BCUT2D eigenvalue weighted by molar-refractivity contribution is -0.117. The summed E-state index contributed by atoms with van der Waals surface area (Å²) in [6.45, 7) is 1.60. The van der Waals surface area contributed by atoms with Gasteiger partial charge < -0.3 is 9.21 Å². The van der Waals surface area contributed by atoms with Gasteiger partial charge in [-0.25, -0.2) is 0 Å². The lowest BCUT2D eigenvalue weighted by Crippen LogP contribution is -1.90. The Labute approximate surface area is 107 Å². The molecule has 0 aliphatic carbocycles. The number of hydrogen-bond acceptors (Lipinski definition) is 6. The van der Waals surface area contributed by atoms with Gasteiger partial charge in [-0.1, -0.05) is 17.8 Å². The van der Waals surface area contributed by atoms with Gasteiger partial charge in [0.05, 0.1) is 4.88 Å². The molecule has 0 aliphatic heterocycles. The Morgan fingerprint density at radius 1 is 1.53 bits per heavy atom. The average Bonchev–Trinajstić information content (AvgIpc) is 2.94. The molecule has 0 aromatic carbocycles. The standard InChI is InChI=1S/C11H12N2O2S2/c1-8(14)4-2-7-17-11-13-12-10(15-11)9-5-3-6-16-9/h3,5-6H,2,4,7H2,1H3. The fourth-order valence-corrected chi connectivity index (χ4v) is 2.59. The molecule has 2 aromatic rings. The third kappa shape index (κ3) is 3.67. The van der Waals surface area contributed by atoms with Gasteiger partial charge in [0.1, 0.15) is 5.78 Å². The number of thiophene rings is 1. The van der Waals surface area contributed by atoms with E-state index in [4.69, 9.17) is 4.42 Å². The van der Waals surface area contributed by atoms with E-state index in [-0.39, 0.29) is 5.78 Å². The second-order valence-corrected chi connectivity index (χ2v) is 5.50. The van der Waals surface area contributed by atoms with Gasteiger partial charge in [0.25, 0.3) is 11.1 Å². The van der Waals surface area contributed by atoms with E-state index in [9.17, 15) is 4.79 Å². The summed E-state index contributed by atoms with van der Waals surface area (Å²) in [5.74, 6) is 1.61. The summed E-state index contributed by atoms with van der Waals surface area (Å²) in [5, 5.41) is 10.5. The predicted molar refractivity (Wildman–Crippen MR) is 68.3 cm³/mol. The van der Waals surface area contributed by atoms with E-state index in [1.807, 2.05) is 17.5 Å². The number of carbonyl (C=O) groups is 1. The zero-order valence-electron chi connectivity index (χ0n) is 9.38. The summed E-state index contributed by atoms with van der Waals surface area (Å²) < 4.78 is 5.50. The first-order chi connectivity index (χ1) is 8.25. The van der Waals surface area contributed by atoms with Crippen LogP contribution in [0.5, 0.6) is 0 Å². The first-order valence-corrected chi connectivity index (χ1v) is 7.12. The second-order valence-electron chi connectivity index (χ2n) is 3.50. The van der Waals surface area contributed by atoms with E-state index in [1.165, 1.54) is 11.8 Å². The van der Waals surface area contributed by atoms with Crippen LogP contribution < -0.4 is 0 Å². The van der Waals surface area contributed by atoms with Crippen molar-refractivity contribution in [3.8, 4) is 10.8 Å². The monoisotopic (exact) mass is 268 g/mol. The molecule has 0 amide bonds. The highest BCUT2D eigenvalue weighted by molar-refractivity contribution is 7.99. The summed E-state index contributed by atoms with van der Waals surface area (Å²) >= 11 is 3.06. The van der Waals surface area contributed by atoms with Gasteiger partial charge in [0.2, 0.25) is 0 Å². The minimum Gasteiger partial charge on any atom is -0.410 e. The first-order valence-electron chi connectivity index (χ1n) is 5.25. The maximum absolute atomic E-state index is 10.8. The van der Waals surface area contributed by atoms with Crippen LogP contribution in [0.1, 0.15) is 19.8 Å². The van der Waals surface area contributed by atoms with Crippen molar-refractivity contribution < 1.29 is 9.21 Å². The van der Waals surface area contributed by atoms with Crippen molar-refractivity contribution in [3.05, 3.63) is 17.5 Å². The third-order valence-electron chi connectivity index (χ3n) is 2.04. The highest BCUT2D eigenvalue weighted by Gasteiger charge is 2.09. The maximum atomic E-state index is 10.8. The minimum absolute atomic E-state index is 0.218. The maximum Gasteiger partial charge on any atom is 0.276 e. The Bertz CT molecular complexity index is 479. The number of nitrogens with zero attached hydrogens (tertiary/aromatic N) is 2. The van der Waals surface area contributed by atoms with E-state index < -0.39 is 0 Å². The van der Waals surface area contributed by atoms with Crippen molar-refractivity contribution in [1.82, 2.24) is 10.2 Å². The normalized spacial score (nSPS) is 10.6. The largest absolute Gasteiger partial charge is 0.410 e. The summed E-state index contributed by atoms with van der Waals surface area (Å²) in [4.78, 5) is 11.7. The molecule has 0 radical (unpaired) electrons. The van der Waals surface area contributed by atoms with Crippen molar-refractivity contribution in [3.63, 3.8) is 0 Å². The van der Waals surface area contributed by atoms with Crippen LogP contribution in [0.15, 0.2) is 27.2 Å². The number of hydrogen-bond donors (Lipinski definition) is 0. The third-order valence-corrected chi connectivity index (χ3v) is 3.80. The molecule has 0 aliphatic rings. The number of aromatic nitrogens is 2. The topological polar surface area (TPSA) is 56.0 Å². The number of carbonyl (C=O) groups excluding carboxylic acids is 1. The van der Waals surface area contributed by atoms with Crippen molar-refractivity contribution in [2.75, 3.05) is 5.75 Å². The quantitative estimate of drug-likeness (QED) is 0.594. The van der Waals surface area contributed by atoms with Gasteiger partial charge in [-0.05, 0) is 24.8 Å². The number of ketones is 1. The van der Waals surface area contributed by atoms with Crippen molar-refractivity contribution in [2.45, 2.75) is 25.0 Å². The molecule has 0 spiro atoms. The van der Waals surface area contributed by atoms with Crippen LogP contribution in [0.25, 0.3) is 10.8 Å². The summed E-state index contributed by atoms with van der Waals surface area (Å²) in [5.41, 5.74) is 0. The van der Waals surface area contributed by atoms with Gasteiger partial charge in [-0.15, -0.1) is 21.5 Å². The molecule has 0 N–H and O–H groups in total. The van der Waals surface area contributed by atoms with Crippen LogP contribution in [-0.2, 0) is 4.79 Å². The van der Waals surface area contributed by atoms with E-state index in [0.717, 1.165) is 17.1 Å². The van der Waals surface area contributed by atoms with E-state index in [1.54, 1.807) is 18.3 Å². The Morgan fingerprint density at radius 3 is 3.12 bits per heavy atom. The van der Waals surface area contributed by atoms with Gasteiger partial charge >= 0.3 is 0 Å². The van der Waals surface area contributed by atoms with Crippen LogP contribution in [-0.4, -0.2) is 21.7 Å². The number of rotatable bonds is 6. The highest BCUT2D eigenvalue weighted by Crippen LogP contribution is 2.26. The average molecular weight is 268 g/mol. The molecule has 2 aromatic heterocycles. The fourth-order valence-electron chi connectivity index (χ4n) is 1.25. The zero-order chi connectivity index (χ0) is 12.1. The SMILES string of the molecule is CC(=O)CCCSc1nnc(-c2cccs2)o1. The van der Waals surface area contributed by atoms with E-state index >= 15 is 0 Å². The summed E-state index contributed by atoms with van der Waals surface area (Å²) in [7, 11) is 0. The predicted octanol–water partition coefficient (Wildman–Crippen LogP) is 3.26. The molecule has 0 bridgehead atoms. The molecule has 0 unspecified atom stereocenters. The van der Waals surface area contributed by atoms with E-state index in [0.29, 0.717) is 17.5 Å². The lowest BCUT2D eigenvalue weighted by atomic mass is 10.3. The van der Waals surface area contributed by atoms with E-state index in [2.05, 4.69) is 10.2 Å². The van der Waals surface area contributed by atoms with Crippen LogP contribution >= 0.6 is 23.1 Å². The molecule has 0 fully saturated rings. The Kier molecular flexibility index (Phi) is 4.33.